The first kappa shape index (κ1) is 22.8. The first-order valence-corrected chi connectivity index (χ1v) is 10.1. The molecule has 3 rings (SSSR count). The summed E-state index contributed by atoms with van der Waals surface area (Å²) in [6.45, 7) is 3.21. The molecule has 1 heterocycles. The molecule has 2 amide bonds. The van der Waals surface area contributed by atoms with E-state index < -0.39 is 17.6 Å². The summed E-state index contributed by atoms with van der Waals surface area (Å²) < 4.78 is 39.2. The average molecular weight is 434 g/mol. The number of hydrogen-bond donors (Lipinski definition) is 2. The van der Waals surface area contributed by atoms with Crippen LogP contribution in [0.25, 0.3) is 0 Å². The first-order chi connectivity index (χ1) is 14.8. The van der Waals surface area contributed by atoms with Crippen LogP contribution in [0.5, 0.6) is 0 Å². The van der Waals surface area contributed by atoms with Crippen molar-refractivity contribution >= 4 is 23.2 Å². The lowest BCUT2D eigenvalue weighted by molar-refractivity contribution is -0.137. The minimum atomic E-state index is -4.53. The van der Waals surface area contributed by atoms with Gasteiger partial charge in [0.15, 0.2) is 0 Å². The van der Waals surface area contributed by atoms with Crippen molar-refractivity contribution in [3.8, 4) is 0 Å². The molecule has 1 aliphatic rings. The molecule has 1 aliphatic heterocycles. The second kappa shape index (κ2) is 10.4. The van der Waals surface area contributed by atoms with Crippen LogP contribution in [0.3, 0.4) is 0 Å². The van der Waals surface area contributed by atoms with E-state index in [1.54, 1.807) is 0 Å². The first-order valence-electron chi connectivity index (χ1n) is 10.1. The average Bonchev–Trinajstić information content (AvgIpc) is 2.73. The summed E-state index contributed by atoms with van der Waals surface area (Å²) in [5.74, 6) is -0.538. The second-order valence-corrected chi connectivity index (χ2v) is 7.37. The van der Waals surface area contributed by atoms with Crippen LogP contribution < -0.4 is 10.6 Å². The normalized spacial score (nSPS) is 15.5. The fourth-order valence-corrected chi connectivity index (χ4v) is 3.41. The molecular weight excluding hydrogens is 409 g/mol. The van der Waals surface area contributed by atoms with Crippen LogP contribution in [0.4, 0.5) is 24.5 Å². The fraction of sp³-hybridized carbons (Fsp3) is 0.364. The zero-order valence-electron chi connectivity index (χ0n) is 17.0. The van der Waals surface area contributed by atoms with Gasteiger partial charge >= 0.3 is 6.18 Å². The Balaban J connectivity index is 1.39. The van der Waals surface area contributed by atoms with Gasteiger partial charge in [0.2, 0.25) is 11.8 Å². The number of nitrogens with one attached hydrogen (secondary N) is 2. The number of carbonyl (C=O) groups excluding carboxylic acids is 2. The van der Waals surface area contributed by atoms with Gasteiger partial charge < -0.3 is 15.5 Å². The van der Waals surface area contributed by atoms with Gasteiger partial charge in [-0.25, -0.2) is 0 Å². The molecule has 0 aliphatic carbocycles. The maximum atomic E-state index is 13.1. The van der Waals surface area contributed by atoms with E-state index in [9.17, 15) is 22.8 Å². The lowest BCUT2D eigenvalue weighted by Crippen LogP contribution is -2.49. The van der Waals surface area contributed by atoms with Crippen LogP contribution in [0, 0.1) is 0 Å². The molecule has 1 saturated heterocycles. The fourth-order valence-electron chi connectivity index (χ4n) is 3.41. The number of anilines is 2. The van der Waals surface area contributed by atoms with E-state index >= 15 is 0 Å². The molecule has 0 bridgehead atoms. The number of hydrogen-bond acceptors (Lipinski definition) is 4. The van der Waals surface area contributed by atoms with Crippen molar-refractivity contribution in [3.05, 3.63) is 60.2 Å². The van der Waals surface area contributed by atoms with Gasteiger partial charge in [0.05, 0.1) is 17.8 Å². The van der Waals surface area contributed by atoms with Gasteiger partial charge in [-0.15, -0.1) is 0 Å². The van der Waals surface area contributed by atoms with Crippen LogP contribution in [-0.4, -0.2) is 60.9 Å². The third-order valence-electron chi connectivity index (χ3n) is 5.05. The highest BCUT2D eigenvalue weighted by Crippen LogP contribution is 2.34. The highest BCUT2D eigenvalue weighted by molar-refractivity contribution is 5.93. The SMILES string of the molecule is O=C(CCN1CCN(CC(=O)Nc2ccccc2C(F)(F)F)CC1)Nc1ccccc1. The van der Waals surface area contributed by atoms with Crippen LogP contribution >= 0.6 is 0 Å². The van der Waals surface area contributed by atoms with Crippen LogP contribution in [0.1, 0.15) is 12.0 Å². The van der Waals surface area contributed by atoms with Crippen molar-refractivity contribution in [3.63, 3.8) is 0 Å². The largest absolute Gasteiger partial charge is 0.418 e. The standard InChI is InChI=1S/C22H25F3N4O2/c23-22(24,25)18-8-4-5-9-19(18)27-21(31)16-29-14-12-28(13-15-29)11-10-20(30)26-17-6-2-1-3-7-17/h1-9H,10-16H2,(H,26,30)(H,27,31). The maximum Gasteiger partial charge on any atom is 0.418 e. The number of rotatable bonds is 7. The number of amides is 2. The third kappa shape index (κ3) is 7.08. The molecule has 0 radical (unpaired) electrons. The Kier molecular flexibility index (Phi) is 7.64. The maximum absolute atomic E-state index is 13.1. The minimum Gasteiger partial charge on any atom is -0.326 e. The molecule has 2 N–H and O–H groups in total. The van der Waals surface area contributed by atoms with Gasteiger partial charge in [0, 0.05) is 44.8 Å². The lowest BCUT2D eigenvalue weighted by Gasteiger charge is -2.34. The van der Waals surface area contributed by atoms with E-state index in [0.717, 1.165) is 11.8 Å². The van der Waals surface area contributed by atoms with Crippen molar-refractivity contribution in [1.82, 2.24) is 9.80 Å². The Morgan fingerprint density at radius 1 is 0.806 bits per heavy atom. The number of piperazine rings is 1. The zero-order valence-corrected chi connectivity index (χ0v) is 17.0. The van der Waals surface area contributed by atoms with Gasteiger partial charge in [-0.2, -0.15) is 13.2 Å². The topological polar surface area (TPSA) is 64.7 Å². The number of para-hydroxylation sites is 2. The van der Waals surface area contributed by atoms with E-state index in [-0.39, 0.29) is 18.1 Å². The third-order valence-corrected chi connectivity index (χ3v) is 5.05. The van der Waals surface area contributed by atoms with Crippen molar-refractivity contribution in [2.24, 2.45) is 0 Å². The van der Waals surface area contributed by atoms with Gasteiger partial charge in [-0.1, -0.05) is 30.3 Å². The summed E-state index contributed by atoms with van der Waals surface area (Å²) in [4.78, 5) is 28.3. The minimum absolute atomic E-state index is 0.0223. The Bertz CT molecular complexity index is 882. The molecule has 31 heavy (non-hydrogen) atoms. The quantitative estimate of drug-likeness (QED) is 0.702. The van der Waals surface area contributed by atoms with Gasteiger partial charge in [0.25, 0.3) is 0 Å². The predicted octanol–water partition coefficient (Wildman–Crippen LogP) is 3.29. The Morgan fingerprint density at radius 3 is 2.10 bits per heavy atom. The van der Waals surface area contributed by atoms with Crippen molar-refractivity contribution < 1.29 is 22.8 Å². The summed E-state index contributed by atoms with van der Waals surface area (Å²) in [7, 11) is 0. The Labute approximate surface area is 179 Å². The second-order valence-electron chi connectivity index (χ2n) is 7.37. The molecule has 0 saturated carbocycles. The predicted molar refractivity (Wildman–Crippen MR) is 113 cm³/mol. The van der Waals surface area contributed by atoms with E-state index in [4.69, 9.17) is 0 Å². The summed E-state index contributed by atoms with van der Waals surface area (Å²) in [5, 5.41) is 5.22. The van der Waals surface area contributed by atoms with E-state index in [0.29, 0.717) is 39.1 Å². The van der Waals surface area contributed by atoms with Gasteiger partial charge in [0.1, 0.15) is 0 Å². The summed E-state index contributed by atoms with van der Waals surface area (Å²) in [6, 6.07) is 14.2. The molecule has 0 atom stereocenters. The molecule has 9 heteroatoms. The molecule has 1 fully saturated rings. The number of carbonyl (C=O) groups is 2. The number of halogens is 3. The van der Waals surface area contributed by atoms with Crippen molar-refractivity contribution in [2.75, 3.05) is 49.9 Å². The summed E-state index contributed by atoms with van der Waals surface area (Å²) in [6.07, 6.45) is -4.16. The molecular formula is C22H25F3N4O2. The van der Waals surface area contributed by atoms with E-state index in [2.05, 4.69) is 15.5 Å². The van der Waals surface area contributed by atoms with Gasteiger partial charge in [-0.3, -0.25) is 14.5 Å². The number of alkyl halides is 3. The van der Waals surface area contributed by atoms with Gasteiger partial charge in [-0.05, 0) is 24.3 Å². The van der Waals surface area contributed by atoms with Crippen LogP contribution in [-0.2, 0) is 15.8 Å². The Morgan fingerprint density at radius 2 is 1.42 bits per heavy atom. The molecule has 6 nitrogen and oxygen atoms in total. The van der Waals surface area contributed by atoms with Crippen LogP contribution in [0.2, 0.25) is 0 Å². The molecule has 166 valence electrons. The van der Waals surface area contributed by atoms with E-state index in [1.807, 2.05) is 35.2 Å². The zero-order chi connectivity index (χ0) is 22.3. The highest BCUT2D eigenvalue weighted by Gasteiger charge is 2.33. The molecule has 0 spiro atoms. The Hall–Kier alpha value is -2.91. The smallest absolute Gasteiger partial charge is 0.326 e. The van der Waals surface area contributed by atoms with Crippen molar-refractivity contribution in [1.29, 1.82) is 0 Å². The summed E-state index contributed by atoms with van der Waals surface area (Å²) >= 11 is 0. The number of benzene rings is 2. The van der Waals surface area contributed by atoms with E-state index in [1.165, 1.54) is 18.2 Å². The molecule has 2 aromatic rings. The monoisotopic (exact) mass is 434 g/mol. The number of nitrogens with zero attached hydrogens (tertiary/aromatic N) is 2. The molecule has 0 aromatic heterocycles. The molecule has 2 aromatic carbocycles. The van der Waals surface area contributed by atoms with Crippen LogP contribution in [0.15, 0.2) is 54.6 Å². The summed E-state index contributed by atoms with van der Waals surface area (Å²) in [5.41, 5.74) is -0.333. The lowest BCUT2D eigenvalue weighted by atomic mass is 10.1. The van der Waals surface area contributed by atoms with Crippen molar-refractivity contribution in [2.45, 2.75) is 12.6 Å². The highest BCUT2D eigenvalue weighted by atomic mass is 19.4. The molecule has 0 unspecified atom stereocenters.